The number of hydrogen-bond acceptors (Lipinski definition) is 4. The first kappa shape index (κ1) is 17.2. The summed E-state index contributed by atoms with van der Waals surface area (Å²) in [7, 11) is 0. The van der Waals surface area contributed by atoms with E-state index in [1.807, 2.05) is 6.92 Å². The van der Waals surface area contributed by atoms with Gasteiger partial charge in [0.25, 0.3) is 0 Å². The number of para-hydroxylation sites is 1. The number of benzene rings is 1. The summed E-state index contributed by atoms with van der Waals surface area (Å²) in [5.74, 6) is -0.308. The van der Waals surface area contributed by atoms with E-state index in [0.717, 1.165) is 6.42 Å². The normalized spacial score (nSPS) is 17.7. The van der Waals surface area contributed by atoms with Gasteiger partial charge in [-0.2, -0.15) is 0 Å². The van der Waals surface area contributed by atoms with Crippen LogP contribution in [0.5, 0.6) is 11.6 Å². The first-order chi connectivity index (χ1) is 12.1. The fourth-order valence-corrected chi connectivity index (χ4v) is 2.57. The zero-order chi connectivity index (χ0) is 17.6. The van der Waals surface area contributed by atoms with E-state index >= 15 is 0 Å². The molecule has 3 rings (SSSR count). The summed E-state index contributed by atoms with van der Waals surface area (Å²) in [6.45, 7) is 3.69. The summed E-state index contributed by atoms with van der Waals surface area (Å²) in [5.41, 5.74) is 0.383. The van der Waals surface area contributed by atoms with E-state index < -0.39 is 5.82 Å². The number of ether oxygens (including phenoxy) is 2. The van der Waals surface area contributed by atoms with E-state index in [1.54, 1.807) is 29.2 Å². The van der Waals surface area contributed by atoms with Crippen molar-refractivity contribution >= 4 is 11.7 Å². The highest BCUT2D eigenvalue weighted by Gasteiger charge is 2.21. The van der Waals surface area contributed by atoms with Gasteiger partial charge in [-0.3, -0.25) is 0 Å². The number of halogens is 1. The van der Waals surface area contributed by atoms with Gasteiger partial charge in [-0.15, -0.1) is 0 Å². The van der Waals surface area contributed by atoms with E-state index in [0.29, 0.717) is 25.4 Å². The van der Waals surface area contributed by atoms with Crippen LogP contribution in [0.2, 0.25) is 0 Å². The molecule has 2 heterocycles. The van der Waals surface area contributed by atoms with Gasteiger partial charge in [0.2, 0.25) is 5.88 Å². The van der Waals surface area contributed by atoms with Gasteiger partial charge in [-0.05, 0) is 37.6 Å². The minimum absolute atomic E-state index is 0.0173. The Morgan fingerprint density at radius 2 is 2.20 bits per heavy atom. The van der Waals surface area contributed by atoms with Gasteiger partial charge in [-0.25, -0.2) is 14.2 Å². The molecule has 1 aromatic carbocycles. The molecule has 2 aromatic rings. The maximum atomic E-state index is 13.8. The summed E-state index contributed by atoms with van der Waals surface area (Å²) in [4.78, 5) is 18.3. The number of rotatable bonds is 3. The number of carbonyl (C=O) groups is 1. The average molecular weight is 345 g/mol. The van der Waals surface area contributed by atoms with Gasteiger partial charge in [-0.1, -0.05) is 12.1 Å². The summed E-state index contributed by atoms with van der Waals surface area (Å²) in [5, 5.41) is 2.79. The van der Waals surface area contributed by atoms with Gasteiger partial charge in [0.05, 0.1) is 6.10 Å². The van der Waals surface area contributed by atoms with Crippen LogP contribution in [-0.2, 0) is 4.74 Å². The Morgan fingerprint density at radius 3 is 3.04 bits per heavy atom. The Labute approximate surface area is 145 Å². The Bertz CT molecular complexity index is 741. The van der Waals surface area contributed by atoms with E-state index in [4.69, 9.17) is 9.47 Å². The van der Waals surface area contributed by atoms with Crippen molar-refractivity contribution in [3.05, 3.63) is 48.4 Å². The Morgan fingerprint density at radius 1 is 1.36 bits per heavy atom. The number of nitrogens with zero attached hydrogens (tertiary/aromatic N) is 2. The van der Waals surface area contributed by atoms with Crippen LogP contribution in [0.1, 0.15) is 13.3 Å². The number of nitrogens with one attached hydrogen (secondary N) is 1. The highest BCUT2D eigenvalue weighted by Crippen LogP contribution is 2.28. The number of carbonyl (C=O) groups excluding carboxylic acids is 1. The average Bonchev–Trinajstić information content (AvgIpc) is 2.83. The molecule has 0 saturated carbocycles. The molecule has 25 heavy (non-hydrogen) atoms. The molecule has 1 N–H and O–H groups in total. The van der Waals surface area contributed by atoms with Crippen molar-refractivity contribution < 1.29 is 18.7 Å². The highest BCUT2D eigenvalue weighted by atomic mass is 19.1. The smallest absolute Gasteiger partial charge is 0.322 e. The van der Waals surface area contributed by atoms with Crippen LogP contribution in [0.4, 0.5) is 14.9 Å². The second-order valence-corrected chi connectivity index (χ2v) is 5.80. The molecule has 0 radical (unpaired) electrons. The van der Waals surface area contributed by atoms with Crippen LogP contribution in [0, 0.1) is 5.82 Å². The molecule has 1 aliphatic rings. The maximum Gasteiger partial charge on any atom is 0.322 e. The lowest BCUT2D eigenvalue weighted by Crippen LogP contribution is -2.39. The summed E-state index contributed by atoms with van der Waals surface area (Å²) in [6, 6.07) is 9.13. The molecular weight excluding hydrogens is 325 g/mol. The van der Waals surface area contributed by atoms with Crippen molar-refractivity contribution in [2.45, 2.75) is 19.4 Å². The van der Waals surface area contributed by atoms with E-state index in [2.05, 4.69) is 10.3 Å². The molecule has 1 saturated heterocycles. The van der Waals surface area contributed by atoms with Gasteiger partial charge in [0, 0.05) is 25.9 Å². The van der Waals surface area contributed by atoms with Crippen molar-refractivity contribution in [1.82, 2.24) is 9.88 Å². The molecule has 132 valence electrons. The van der Waals surface area contributed by atoms with Crippen LogP contribution >= 0.6 is 0 Å². The SMILES string of the molecule is CC1CN(C(=O)Nc2cccnc2Oc2ccccc2F)CCCO1. The Kier molecular flexibility index (Phi) is 5.45. The highest BCUT2D eigenvalue weighted by molar-refractivity contribution is 5.90. The van der Waals surface area contributed by atoms with Crippen LogP contribution in [0.25, 0.3) is 0 Å². The van der Waals surface area contributed by atoms with Gasteiger partial charge < -0.3 is 19.7 Å². The number of pyridine rings is 1. The number of hydrogen-bond donors (Lipinski definition) is 1. The number of amides is 2. The van der Waals surface area contributed by atoms with Crippen molar-refractivity contribution in [2.24, 2.45) is 0 Å². The zero-order valence-corrected chi connectivity index (χ0v) is 13.9. The summed E-state index contributed by atoms with van der Waals surface area (Å²) >= 11 is 0. The lowest BCUT2D eigenvalue weighted by atomic mass is 10.3. The molecule has 7 heteroatoms. The van der Waals surface area contributed by atoms with Gasteiger partial charge >= 0.3 is 6.03 Å². The van der Waals surface area contributed by atoms with Crippen molar-refractivity contribution in [3.8, 4) is 11.6 Å². The third kappa shape index (κ3) is 4.45. The molecule has 1 unspecified atom stereocenters. The molecule has 0 bridgehead atoms. The Balaban J connectivity index is 1.74. The molecule has 2 amide bonds. The van der Waals surface area contributed by atoms with Crippen LogP contribution in [0.15, 0.2) is 42.6 Å². The van der Waals surface area contributed by atoms with Crippen molar-refractivity contribution in [3.63, 3.8) is 0 Å². The van der Waals surface area contributed by atoms with Crippen LogP contribution in [-0.4, -0.2) is 41.7 Å². The predicted molar refractivity (Wildman–Crippen MR) is 91.3 cm³/mol. The monoisotopic (exact) mass is 345 g/mol. The topological polar surface area (TPSA) is 63.7 Å². The molecule has 1 aliphatic heterocycles. The van der Waals surface area contributed by atoms with Crippen LogP contribution < -0.4 is 10.1 Å². The zero-order valence-electron chi connectivity index (χ0n) is 13.9. The molecule has 1 fully saturated rings. The molecule has 0 aliphatic carbocycles. The lowest BCUT2D eigenvalue weighted by molar-refractivity contribution is 0.0718. The molecule has 0 spiro atoms. The van der Waals surface area contributed by atoms with Crippen molar-refractivity contribution in [1.29, 1.82) is 0 Å². The standard InChI is InChI=1S/C18H20FN3O3/c1-13-12-22(10-5-11-24-13)18(23)21-15-7-4-9-20-17(15)25-16-8-3-2-6-14(16)19/h2-4,6-9,13H,5,10-12H2,1H3,(H,21,23). The number of aromatic nitrogens is 1. The summed E-state index contributed by atoms with van der Waals surface area (Å²) < 4.78 is 24.9. The first-order valence-electron chi connectivity index (χ1n) is 8.18. The first-order valence-corrected chi connectivity index (χ1v) is 8.18. The number of anilines is 1. The van der Waals surface area contributed by atoms with Crippen LogP contribution in [0.3, 0.4) is 0 Å². The predicted octanol–water partition coefficient (Wildman–Crippen LogP) is 3.66. The van der Waals surface area contributed by atoms with Gasteiger partial charge in [0.15, 0.2) is 11.6 Å². The molecule has 1 aromatic heterocycles. The summed E-state index contributed by atoms with van der Waals surface area (Å²) in [6.07, 6.45) is 2.29. The molecular formula is C18H20FN3O3. The van der Waals surface area contributed by atoms with E-state index in [1.165, 1.54) is 18.3 Å². The van der Waals surface area contributed by atoms with Crippen molar-refractivity contribution in [2.75, 3.05) is 25.0 Å². The minimum atomic E-state index is -0.496. The quantitative estimate of drug-likeness (QED) is 0.922. The third-order valence-corrected chi connectivity index (χ3v) is 3.80. The van der Waals surface area contributed by atoms with Gasteiger partial charge in [0.1, 0.15) is 5.69 Å². The van der Waals surface area contributed by atoms with E-state index in [-0.39, 0.29) is 23.8 Å². The van der Waals surface area contributed by atoms with E-state index in [9.17, 15) is 9.18 Å². The molecule has 1 atom stereocenters. The fraction of sp³-hybridized carbons (Fsp3) is 0.333. The third-order valence-electron chi connectivity index (χ3n) is 3.80. The number of urea groups is 1. The molecule has 6 nitrogen and oxygen atoms in total. The fourth-order valence-electron chi connectivity index (χ4n) is 2.57. The second-order valence-electron chi connectivity index (χ2n) is 5.80. The second kappa shape index (κ2) is 7.94. The Hall–Kier alpha value is -2.67. The largest absolute Gasteiger partial charge is 0.434 e. The minimum Gasteiger partial charge on any atom is -0.434 e. The maximum absolute atomic E-state index is 13.8. The lowest BCUT2D eigenvalue weighted by Gasteiger charge is -2.23.